The predicted molar refractivity (Wildman–Crippen MR) is 33.6 cm³/mol. The van der Waals surface area contributed by atoms with Crippen molar-refractivity contribution in [3.63, 3.8) is 0 Å². The van der Waals surface area contributed by atoms with E-state index in [0.29, 0.717) is 6.61 Å². The SMILES string of the molecule is CCON(C)OC.Cl. The normalized spacial score (nSPS) is 9.00. The molecule has 0 heterocycles. The summed E-state index contributed by atoms with van der Waals surface area (Å²) in [7, 11) is 3.25. The van der Waals surface area contributed by atoms with Crippen LogP contribution in [0.2, 0.25) is 0 Å². The summed E-state index contributed by atoms with van der Waals surface area (Å²) >= 11 is 0. The molecule has 0 rings (SSSR count). The molecule has 0 aliphatic carbocycles. The van der Waals surface area contributed by atoms with Crippen molar-refractivity contribution in [2.45, 2.75) is 6.92 Å². The van der Waals surface area contributed by atoms with Crippen LogP contribution in [0.15, 0.2) is 0 Å². The fraction of sp³-hybridized carbons (Fsp3) is 1.00. The topological polar surface area (TPSA) is 21.7 Å². The van der Waals surface area contributed by atoms with Gasteiger partial charge >= 0.3 is 0 Å². The Bertz CT molecular complexity index is 45.0. The number of halogens is 1. The lowest BCUT2D eigenvalue weighted by molar-refractivity contribution is -0.337. The molecule has 0 unspecified atom stereocenters. The van der Waals surface area contributed by atoms with Crippen LogP contribution in [0.1, 0.15) is 6.92 Å². The largest absolute Gasteiger partial charge is 0.278 e. The summed E-state index contributed by atoms with van der Waals surface area (Å²) in [6.45, 7) is 2.54. The molecule has 0 aromatic heterocycles. The molecule has 0 aromatic carbocycles. The molecule has 8 heavy (non-hydrogen) atoms. The number of hydrogen-bond donors (Lipinski definition) is 0. The molecule has 3 nitrogen and oxygen atoms in total. The van der Waals surface area contributed by atoms with E-state index < -0.39 is 0 Å². The van der Waals surface area contributed by atoms with Crippen LogP contribution in [0.25, 0.3) is 0 Å². The van der Waals surface area contributed by atoms with Gasteiger partial charge in [0.25, 0.3) is 0 Å². The first-order valence-electron chi connectivity index (χ1n) is 2.22. The van der Waals surface area contributed by atoms with Gasteiger partial charge in [-0.3, -0.25) is 9.68 Å². The molecule has 0 saturated heterocycles. The zero-order valence-electron chi connectivity index (χ0n) is 5.38. The van der Waals surface area contributed by atoms with Crippen LogP contribution < -0.4 is 0 Å². The van der Waals surface area contributed by atoms with Crippen LogP contribution in [-0.2, 0) is 9.68 Å². The highest BCUT2D eigenvalue weighted by molar-refractivity contribution is 5.85. The highest BCUT2D eigenvalue weighted by Gasteiger charge is 1.86. The van der Waals surface area contributed by atoms with E-state index in [-0.39, 0.29) is 12.4 Å². The van der Waals surface area contributed by atoms with Crippen molar-refractivity contribution in [2.24, 2.45) is 0 Å². The molecular formula is C4H12ClNO2. The summed E-state index contributed by atoms with van der Waals surface area (Å²) < 4.78 is 0. The number of rotatable bonds is 3. The summed E-state index contributed by atoms with van der Waals surface area (Å²) in [5.41, 5.74) is 0. The average Bonchev–Trinajstić information content (AvgIpc) is 1.68. The molecule has 4 heteroatoms. The molecule has 0 N–H and O–H groups in total. The third-order valence-electron chi connectivity index (χ3n) is 0.568. The van der Waals surface area contributed by atoms with Crippen LogP contribution in [-0.4, -0.2) is 26.0 Å². The van der Waals surface area contributed by atoms with Crippen LogP contribution >= 0.6 is 12.4 Å². The zero-order chi connectivity index (χ0) is 5.70. The Morgan fingerprint density at radius 3 is 2.12 bits per heavy atom. The summed E-state index contributed by atoms with van der Waals surface area (Å²) in [5.74, 6) is 0. The van der Waals surface area contributed by atoms with Crippen molar-refractivity contribution in [2.75, 3.05) is 20.8 Å². The molecule has 52 valence electrons. The van der Waals surface area contributed by atoms with E-state index in [0.717, 1.165) is 0 Å². The van der Waals surface area contributed by atoms with Crippen LogP contribution in [0.5, 0.6) is 0 Å². The minimum atomic E-state index is 0. The molecule has 0 atom stereocenters. The molecule has 0 fully saturated rings. The van der Waals surface area contributed by atoms with Crippen molar-refractivity contribution in [3.05, 3.63) is 0 Å². The average molecular weight is 142 g/mol. The molecule has 0 saturated carbocycles. The second-order valence-electron chi connectivity index (χ2n) is 1.04. The van der Waals surface area contributed by atoms with Gasteiger partial charge in [-0.1, -0.05) is 5.23 Å². The fourth-order valence-corrected chi connectivity index (χ4v) is 0.235. The van der Waals surface area contributed by atoms with Gasteiger partial charge in [0.2, 0.25) is 0 Å². The van der Waals surface area contributed by atoms with Gasteiger partial charge in [-0.15, -0.1) is 12.4 Å². The van der Waals surface area contributed by atoms with Crippen molar-refractivity contribution < 1.29 is 9.68 Å². The third-order valence-corrected chi connectivity index (χ3v) is 0.568. The first kappa shape index (κ1) is 11.0. The monoisotopic (exact) mass is 141 g/mol. The van der Waals surface area contributed by atoms with Gasteiger partial charge in [-0.05, 0) is 6.92 Å². The molecule has 0 spiro atoms. The number of nitrogens with zero attached hydrogens (tertiary/aromatic N) is 1. The van der Waals surface area contributed by atoms with Gasteiger partial charge < -0.3 is 0 Å². The summed E-state index contributed by atoms with van der Waals surface area (Å²) in [6, 6.07) is 0. The van der Waals surface area contributed by atoms with Gasteiger partial charge in [0, 0.05) is 7.05 Å². The molecule has 0 bridgehead atoms. The Balaban J connectivity index is 0. The van der Waals surface area contributed by atoms with Crippen molar-refractivity contribution in [3.8, 4) is 0 Å². The number of hydroxylamine groups is 2. The minimum absolute atomic E-state index is 0. The summed E-state index contributed by atoms with van der Waals surface area (Å²) in [5, 5.41) is 1.31. The van der Waals surface area contributed by atoms with Gasteiger partial charge in [-0.25, -0.2) is 0 Å². The Morgan fingerprint density at radius 1 is 1.50 bits per heavy atom. The van der Waals surface area contributed by atoms with Crippen molar-refractivity contribution in [1.82, 2.24) is 5.23 Å². The predicted octanol–water partition coefficient (Wildman–Crippen LogP) is 0.853. The van der Waals surface area contributed by atoms with Gasteiger partial charge in [0.05, 0.1) is 13.7 Å². The van der Waals surface area contributed by atoms with E-state index in [2.05, 4.69) is 4.84 Å². The lowest BCUT2D eigenvalue weighted by atomic mass is 10.9. The van der Waals surface area contributed by atoms with E-state index in [4.69, 9.17) is 4.84 Å². The quantitative estimate of drug-likeness (QED) is 0.544. The standard InChI is InChI=1S/C4H11NO2.ClH/c1-4-7-5(2)6-3;/h4H2,1-3H3;1H. The highest BCUT2D eigenvalue weighted by atomic mass is 35.5. The van der Waals surface area contributed by atoms with E-state index >= 15 is 0 Å². The smallest absolute Gasteiger partial charge is 0.0683 e. The summed E-state index contributed by atoms with van der Waals surface area (Å²) in [4.78, 5) is 9.40. The minimum Gasteiger partial charge on any atom is -0.278 e. The molecule has 0 amide bonds. The number of hydrogen-bond acceptors (Lipinski definition) is 3. The van der Waals surface area contributed by atoms with Crippen LogP contribution in [0.4, 0.5) is 0 Å². The maximum absolute atomic E-state index is 4.80. The van der Waals surface area contributed by atoms with Gasteiger partial charge in [-0.2, -0.15) is 0 Å². The van der Waals surface area contributed by atoms with E-state index in [1.54, 1.807) is 14.2 Å². The van der Waals surface area contributed by atoms with Gasteiger partial charge in [0.1, 0.15) is 0 Å². The Labute approximate surface area is 55.9 Å². The first-order valence-corrected chi connectivity index (χ1v) is 2.22. The third kappa shape index (κ3) is 6.17. The maximum Gasteiger partial charge on any atom is 0.0683 e. The molecule has 0 radical (unpaired) electrons. The van der Waals surface area contributed by atoms with Crippen molar-refractivity contribution >= 4 is 12.4 Å². The molecule has 0 aromatic rings. The van der Waals surface area contributed by atoms with Crippen molar-refractivity contribution in [1.29, 1.82) is 0 Å². The highest BCUT2D eigenvalue weighted by Crippen LogP contribution is 1.80. The van der Waals surface area contributed by atoms with E-state index in [9.17, 15) is 0 Å². The Hall–Kier alpha value is 0.170. The van der Waals surface area contributed by atoms with E-state index in [1.165, 1.54) is 5.23 Å². The zero-order valence-corrected chi connectivity index (χ0v) is 6.20. The maximum atomic E-state index is 4.80. The first-order chi connectivity index (χ1) is 3.31. The lowest BCUT2D eigenvalue weighted by Crippen LogP contribution is -2.16. The second kappa shape index (κ2) is 7.17. The van der Waals surface area contributed by atoms with Crippen LogP contribution in [0, 0.1) is 0 Å². The van der Waals surface area contributed by atoms with Gasteiger partial charge in [0.15, 0.2) is 0 Å². The summed E-state index contributed by atoms with van der Waals surface area (Å²) in [6.07, 6.45) is 0. The lowest BCUT2D eigenvalue weighted by Gasteiger charge is -2.09. The molecule has 0 aliphatic heterocycles. The molecule has 0 aliphatic rings. The second-order valence-corrected chi connectivity index (χ2v) is 1.04. The Morgan fingerprint density at radius 2 is 2.00 bits per heavy atom. The Kier molecular flexibility index (Phi) is 9.89. The fourth-order valence-electron chi connectivity index (χ4n) is 0.235. The van der Waals surface area contributed by atoms with E-state index in [1.807, 2.05) is 6.92 Å². The van der Waals surface area contributed by atoms with Crippen LogP contribution in [0.3, 0.4) is 0 Å². The molecular weight excluding hydrogens is 130 g/mol.